The van der Waals surface area contributed by atoms with E-state index >= 15 is 0 Å². The Labute approximate surface area is 192 Å². The van der Waals surface area contributed by atoms with Crippen LogP contribution >= 0.6 is 12.2 Å². The third-order valence-corrected chi connectivity index (χ3v) is 5.58. The first-order valence-electron chi connectivity index (χ1n) is 10.3. The number of nitrogens with zero attached hydrogens (tertiary/aromatic N) is 4. The predicted octanol–water partition coefficient (Wildman–Crippen LogP) is 5.05. The first-order chi connectivity index (χ1) is 15.4. The highest BCUT2D eigenvalue weighted by atomic mass is 32.1. The van der Waals surface area contributed by atoms with Crippen molar-refractivity contribution in [3.63, 3.8) is 0 Å². The number of thiocarbonyl (C=S) groups is 1. The molecule has 0 saturated heterocycles. The lowest BCUT2D eigenvalue weighted by Crippen LogP contribution is -2.20. The Bertz CT molecular complexity index is 1260. The van der Waals surface area contributed by atoms with Gasteiger partial charge in [-0.05, 0) is 50.2 Å². The van der Waals surface area contributed by atoms with Crippen LogP contribution in [0.5, 0.6) is 0 Å². The number of nitrogens with one attached hydrogen (secondary N) is 2. The van der Waals surface area contributed by atoms with Gasteiger partial charge in [0.2, 0.25) is 0 Å². The molecule has 32 heavy (non-hydrogen) atoms. The molecule has 2 aromatic heterocycles. The number of anilines is 2. The van der Waals surface area contributed by atoms with Gasteiger partial charge in [-0.1, -0.05) is 42.5 Å². The summed E-state index contributed by atoms with van der Waals surface area (Å²) in [5.41, 5.74) is 5.78. The van der Waals surface area contributed by atoms with Crippen molar-refractivity contribution < 1.29 is 4.39 Å². The monoisotopic (exact) mass is 448 g/mol. The Morgan fingerprint density at radius 1 is 0.906 bits per heavy atom. The minimum atomic E-state index is -0.247. The molecule has 0 bridgehead atoms. The molecule has 0 aliphatic heterocycles. The largest absolute Gasteiger partial charge is 0.329 e. The van der Waals surface area contributed by atoms with Gasteiger partial charge in [0, 0.05) is 17.8 Å². The Balaban J connectivity index is 1.41. The third kappa shape index (κ3) is 4.86. The second-order valence-electron chi connectivity index (χ2n) is 7.70. The number of hydrogen-bond acceptors (Lipinski definition) is 3. The molecule has 0 saturated carbocycles. The van der Waals surface area contributed by atoms with Crippen molar-refractivity contribution in [3.8, 4) is 0 Å². The summed E-state index contributed by atoms with van der Waals surface area (Å²) < 4.78 is 17.5. The fourth-order valence-electron chi connectivity index (χ4n) is 3.56. The quantitative estimate of drug-likeness (QED) is 0.404. The van der Waals surface area contributed by atoms with Crippen molar-refractivity contribution >= 4 is 28.8 Å². The first-order valence-corrected chi connectivity index (χ1v) is 10.7. The van der Waals surface area contributed by atoms with Crippen molar-refractivity contribution in [1.29, 1.82) is 0 Å². The average Bonchev–Trinajstić information content (AvgIpc) is 3.30. The molecule has 4 rings (SSSR count). The van der Waals surface area contributed by atoms with Gasteiger partial charge in [-0.3, -0.25) is 9.36 Å². The molecule has 0 atom stereocenters. The normalized spacial score (nSPS) is 10.9. The maximum Gasteiger partial charge on any atom is 0.176 e. The number of halogens is 1. The molecule has 0 aliphatic carbocycles. The van der Waals surface area contributed by atoms with E-state index in [4.69, 9.17) is 12.2 Å². The maximum atomic E-state index is 13.9. The summed E-state index contributed by atoms with van der Waals surface area (Å²) in [4.78, 5) is 0. The number of benzene rings is 2. The Hall–Kier alpha value is -3.52. The molecule has 2 heterocycles. The first kappa shape index (κ1) is 21.7. The second-order valence-corrected chi connectivity index (χ2v) is 8.11. The van der Waals surface area contributed by atoms with Crippen molar-refractivity contribution in [2.45, 2.75) is 33.9 Å². The van der Waals surface area contributed by atoms with Crippen molar-refractivity contribution in [2.75, 3.05) is 10.6 Å². The van der Waals surface area contributed by atoms with Gasteiger partial charge in [-0.25, -0.2) is 4.39 Å². The van der Waals surface area contributed by atoms with Gasteiger partial charge in [-0.15, -0.1) is 0 Å². The Kier molecular flexibility index (Phi) is 6.32. The number of hydrogen-bond donors (Lipinski definition) is 2. The van der Waals surface area contributed by atoms with Crippen molar-refractivity contribution in [1.82, 2.24) is 19.6 Å². The molecule has 0 aliphatic rings. The molecule has 4 aromatic rings. The molecule has 6 nitrogen and oxygen atoms in total. The predicted molar refractivity (Wildman–Crippen MR) is 130 cm³/mol. The van der Waals surface area contributed by atoms with Crippen LogP contribution in [0.4, 0.5) is 15.9 Å². The minimum Gasteiger partial charge on any atom is -0.329 e. The summed E-state index contributed by atoms with van der Waals surface area (Å²) in [5.74, 6) is 0.338. The van der Waals surface area contributed by atoms with Crippen LogP contribution in [0, 0.1) is 26.6 Å². The molecule has 2 aromatic carbocycles. The lowest BCUT2D eigenvalue weighted by Gasteiger charge is -2.10. The van der Waals surface area contributed by atoms with Gasteiger partial charge in [0.15, 0.2) is 10.9 Å². The zero-order valence-corrected chi connectivity index (χ0v) is 19.1. The highest BCUT2D eigenvalue weighted by molar-refractivity contribution is 7.80. The smallest absolute Gasteiger partial charge is 0.176 e. The Morgan fingerprint density at radius 3 is 2.38 bits per heavy atom. The van der Waals surface area contributed by atoms with Gasteiger partial charge < -0.3 is 10.6 Å². The van der Waals surface area contributed by atoms with Gasteiger partial charge in [0.1, 0.15) is 5.82 Å². The summed E-state index contributed by atoms with van der Waals surface area (Å²) in [6, 6.07) is 16.8. The summed E-state index contributed by atoms with van der Waals surface area (Å²) in [5, 5.41) is 15.9. The molecule has 0 spiro atoms. The molecule has 2 N–H and O–H groups in total. The highest BCUT2D eigenvalue weighted by Gasteiger charge is 2.14. The number of aromatic nitrogens is 4. The third-order valence-electron chi connectivity index (χ3n) is 5.37. The van der Waals surface area contributed by atoms with Gasteiger partial charge >= 0.3 is 0 Å². The van der Waals surface area contributed by atoms with Gasteiger partial charge in [0.25, 0.3) is 0 Å². The van der Waals surface area contributed by atoms with Crippen LogP contribution < -0.4 is 10.6 Å². The molecule has 0 amide bonds. The van der Waals surface area contributed by atoms with E-state index in [-0.39, 0.29) is 5.82 Å². The van der Waals surface area contributed by atoms with Crippen molar-refractivity contribution in [2.24, 2.45) is 0 Å². The zero-order chi connectivity index (χ0) is 22.7. The van der Waals surface area contributed by atoms with Crippen LogP contribution in [-0.4, -0.2) is 24.7 Å². The SMILES string of the molecule is Cc1ccccc1Cn1nc(C)c(NC(=S)Nc2ccn(Cc3ccccc3F)n2)c1C. The van der Waals surface area contributed by atoms with E-state index in [1.165, 1.54) is 17.2 Å². The summed E-state index contributed by atoms with van der Waals surface area (Å²) in [6.45, 7) is 7.12. The van der Waals surface area contributed by atoms with Crippen LogP contribution in [-0.2, 0) is 13.1 Å². The molecule has 164 valence electrons. The van der Waals surface area contributed by atoms with Crippen LogP contribution in [0.2, 0.25) is 0 Å². The number of aryl methyl sites for hydroxylation is 2. The Morgan fingerprint density at radius 2 is 1.62 bits per heavy atom. The topological polar surface area (TPSA) is 59.7 Å². The van der Waals surface area contributed by atoms with Crippen LogP contribution in [0.1, 0.15) is 28.1 Å². The average molecular weight is 449 g/mol. The van der Waals surface area contributed by atoms with E-state index in [0.717, 1.165) is 17.1 Å². The summed E-state index contributed by atoms with van der Waals surface area (Å²) >= 11 is 5.49. The number of rotatable bonds is 6. The van der Waals surface area contributed by atoms with E-state index in [2.05, 4.69) is 39.9 Å². The molecule has 8 heteroatoms. The van der Waals surface area contributed by atoms with E-state index in [0.29, 0.717) is 29.6 Å². The fraction of sp³-hybridized carbons (Fsp3) is 0.208. The highest BCUT2D eigenvalue weighted by Crippen LogP contribution is 2.21. The lowest BCUT2D eigenvalue weighted by atomic mass is 10.1. The van der Waals surface area contributed by atoms with E-state index in [1.807, 2.05) is 36.7 Å². The molecule has 0 radical (unpaired) electrons. The maximum absolute atomic E-state index is 13.9. The lowest BCUT2D eigenvalue weighted by molar-refractivity contribution is 0.586. The van der Waals surface area contributed by atoms with E-state index in [9.17, 15) is 4.39 Å². The van der Waals surface area contributed by atoms with Gasteiger partial charge in [-0.2, -0.15) is 10.2 Å². The zero-order valence-electron chi connectivity index (χ0n) is 18.3. The molecular weight excluding hydrogens is 423 g/mol. The van der Waals surface area contributed by atoms with Crippen LogP contribution in [0.15, 0.2) is 60.8 Å². The van der Waals surface area contributed by atoms with E-state index < -0.39 is 0 Å². The summed E-state index contributed by atoms with van der Waals surface area (Å²) in [6.07, 6.45) is 1.79. The molecule has 0 fully saturated rings. The molecular formula is C24H25FN6S. The second kappa shape index (κ2) is 9.32. The molecule has 0 unspecified atom stereocenters. The van der Waals surface area contributed by atoms with E-state index in [1.54, 1.807) is 29.1 Å². The summed E-state index contributed by atoms with van der Waals surface area (Å²) in [7, 11) is 0. The standard InChI is InChI=1S/C24H25FN6S/c1-16-8-4-5-9-19(16)15-31-18(3)23(17(2)28-31)27-24(32)26-22-12-13-30(29-22)14-20-10-6-7-11-21(20)25/h4-13H,14-15H2,1-3H3,(H2,26,27,29,32). The van der Waals surface area contributed by atoms with Crippen molar-refractivity contribution in [3.05, 3.63) is 94.7 Å². The van der Waals surface area contributed by atoms with Crippen LogP contribution in [0.25, 0.3) is 0 Å². The minimum absolute atomic E-state index is 0.247. The van der Waals surface area contributed by atoms with Gasteiger partial charge in [0.05, 0.1) is 30.2 Å². The fourth-order valence-corrected chi connectivity index (χ4v) is 3.77. The van der Waals surface area contributed by atoms with Crippen LogP contribution in [0.3, 0.4) is 0 Å².